The summed E-state index contributed by atoms with van der Waals surface area (Å²) in [6.45, 7) is 0.300. The highest BCUT2D eigenvalue weighted by Crippen LogP contribution is 2.47. The lowest BCUT2D eigenvalue weighted by atomic mass is 9.88. The first-order valence-electron chi connectivity index (χ1n) is 16.7. The topological polar surface area (TPSA) is 150 Å². The summed E-state index contributed by atoms with van der Waals surface area (Å²) < 4.78 is 84.0. The van der Waals surface area contributed by atoms with Crippen molar-refractivity contribution in [1.29, 1.82) is 0 Å². The number of fused-ring (bicyclic) bond motifs is 1. The zero-order valence-corrected chi connectivity index (χ0v) is 31.3. The second-order valence-corrected chi connectivity index (χ2v) is 12.3. The van der Waals surface area contributed by atoms with Crippen molar-refractivity contribution in [3.63, 3.8) is 0 Å². The Morgan fingerprint density at radius 2 is 1.21 bits per heavy atom. The van der Waals surface area contributed by atoms with Crippen molar-refractivity contribution in [3.8, 4) is 28.6 Å². The zero-order chi connectivity index (χ0) is 37.5. The predicted octanol–water partition coefficient (Wildman–Crippen LogP) is 3.40. The second-order valence-electron chi connectivity index (χ2n) is 12.3. The van der Waals surface area contributed by atoms with E-state index in [0.717, 1.165) is 0 Å². The molecule has 0 saturated carbocycles. The monoisotopic (exact) mass is 734 g/mol. The highest BCUT2D eigenvalue weighted by atomic mass is 16.7. The molecule has 0 amide bonds. The van der Waals surface area contributed by atoms with Gasteiger partial charge in [-0.25, -0.2) is 0 Å². The molecule has 3 aromatic rings. The van der Waals surface area contributed by atoms with Crippen LogP contribution < -0.4 is 19.6 Å². The molecule has 2 aliphatic heterocycles. The third kappa shape index (κ3) is 7.66. The van der Waals surface area contributed by atoms with Crippen molar-refractivity contribution in [1.82, 2.24) is 0 Å². The zero-order valence-electron chi connectivity index (χ0n) is 31.3. The Labute approximate surface area is 303 Å². The SMILES string of the molecule is COCC1OC(OC2C(COC)OC(c3c(OC)cc4oc(-c5ccc(OC)cc5)cc(=O)c4c3OC)C(OC)C2OC)C(OC)C(OC)C1OC. The maximum Gasteiger partial charge on any atom is 0.197 e. The number of ether oxygens (including phenoxy) is 13. The van der Waals surface area contributed by atoms with Crippen molar-refractivity contribution in [2.24, 2.45) is 0 Å². The van der Waals surface area contributed by atoms with E-state index < -0.39 is 61.2 Å². The van der Waals surface area contributed by atoms with E-state index >= 15 is 0 Å². The molecular weight excluding hydrogens is 684 g/mol. The van der Waals surface area contributed by atoms with E-state index in [1.807, 2.05) is 0 Å². The molecule has 3 heterocycles. The molecule has 5 rings (SSSR count). The summed E-state index contributed by atoms with van der Waals surface area (Å²) in [5.74, 6) is 1.57. The lowest BCUT2D eigenvalue weighted by molar-refractivity contribution is -0.352. The van der Waals surface area contributed by atoms with Crippen LogP contribution in [0.4, 0.5) is 0 Å². The lowest BCUT2D eigenvalue weighted by Crippen LogP contribution is -2.64. The first kappa shape index (κ1) is 39.8. The van der Waals surface area contributed by atoms with E-state index in [4.69, 9.17) is 66.0 Å². The van der Waals surface area contributed by atoms with Gasteiger partial charge in [-0.3, -0.25) is 4.79 Å². The fourth-order valence-electron chi connectivity index (χ4n) is 7.21. The van der Waals surface area contributed by atoms with Gasteiger partial charge in [0.15, 0.2) is 11.7 Å². The lowest BCUT2D eigenvalue weighted by Gasteiger charge is -2.49. The fourth-order valence-corrected chi connectivity index (χ4v) is 7.21. The number of methoxy groups -OCH3 is 10. The van der Waals surface area contributed by atoms with E-state index in [1.54, 1.807) is 80.1 Å². The van der Waals surface area contributed by atoms with Crippen LogP contribution in [0.1, 0.15) is 11.7 Å². The normalized spacial score (nSPS) is 29.3. The molecule has 2 aromatic carbocycles. The third-order valence-corrected chi connectivity index (χ3v) is 9.60. The third-order valence-electron chi connectivity index (χ3n) is 9.60. The van der Waals surface area contributed by atoms with Crippen LogP contribution in [0.3, 0.4) is 0 Å². The molecule has 288 valence electrons. The summed E-state index contributed by atoms with van der Waals surface area (Å²) in [6, 6.07) is 10.2. The van der Waals surface area contributed by atoms with Gasteiger partial charge in [0.25, 0.3) is 0 Å². The quantitative estimate of drug-likeness (QED) is 0.211. The van der Waals surface area contributed by atoms with Crippen molar-refractivity contribution in [2.45, 2.75) is 61.2 Å². The first-order valence-corrected chi connectivity index (χ1v) is 16.7. The Balaban J connectivity index is 1.57. The minimum absolute atomic E-state index is 0.0866. The molecule has 2 aliphatic rings. The summed E-state index contributed by atoms with van der Waals surface area (Å²) >= 11 is 0. The molecule has 0 bridgehead atoms. The van der Waals surface area contributed by atoms with Crippen molar-refractivity contribution >= 4 is 11.0 Å². The molecule has 2 fully saturated rings. The van der Waals surface area contributed by atoms with Crippen LogP contribution in [0.15, 0.2) is 45.6 Å². The molecule has 10 atom stereocenters. The number of hydrogen-bond acceptors (Lipinski definition) is 15. The molecule has 0 N–H and O–H groups in total. The average Bonchev–Trinajstić information content (AvgIpc) is 3.17. The van der Waals surface area contributed by atoms with Crippen molar-refractivity contribution in [2.75, 3.05) is 84.3 Å². The summed E-state index contributed by atoms with van der Waals surface area (Å²) in [7, 11) is 15.4. The number of rotatable bonds is 16. The highest BCUT2D eigenvalue weighted by Gasteiger charge is 2.54. The first-order chi connectivity index (χ1) is 25.3. The maximum atomic E-state index is 13.9. The Morgan fingerprint density at radius 3 is 1.75 bits per heavy atom. The molecule has 0 radical (unpaired) electrons. The average molecular weight is 735 g/mol. The summed E-state index contributed by atoms with van der Waals surface area (Å²) in [4.78, 5) is 13.9. The van der Waals surface area contributed by atoms with Crippen LogP contribution in [0.5, 0.6) is 17.2 Å². The van der Waals surface area contributed by atoms with Gasteiger partial charge in [-0.2, -0.15) is 0 Å². The van der Waals surface area contributed by atoms with E-state index in [0.29, 0.717) is 28.4 Å². The summed E-state index contributed by atoms with van der Waals surface area (Å²) in [5, 5.41) is 0.200. The van der Waals surface area contributed by atoms with Crippen molar-refractivity contribution in [3.05, 3.63) is 52.2 Å². The Bertz CT molecular complexity index is 1640. The standard InChI is InChI=1S/C37H50O15/c1-39-17-25-29(43-5)33(45-7)36(48-10)37(51-25)52-30-26(18-40-2)50-32(35(47-9)34(30)46-8)28-23(42-4)16-24-27(31(28)44-6)21(38)15-22(49-24)19-11-13-20(41-3)14-12-19/h11-16,25-26,29-30,32-37H,17-18H2,1-10H3. The molecule has 10 unspecified atom stereocenters. The van der Waals surface area contributed by atoms with Crippen LogP contribution in [0, 0.1) is 0 Å². The predicted molar refractivity (Wildman–Crippen MR) is 186 cm³/mol. The smallest absolute Gasteiger partial charge is 0.197 e. The molecule has 1 aromatic heterocycles. The van der Waals surface area contributed by atoms with E-state index in [-0.39, 0.29) is 35.4 Å². The van der Waals surface area contributed by atoms with Gasteiger partial charge in [0, 0.05) is 67.5 Å². The Kier molecular flexibility index (Phi) is 13.9. The van der Waals surface area contributed by atoms with E-state index in [9.17, 15) is 4.79 Å². The molecule has 2 saturated heterocycles. The maximum absolute atomic E-state index is 13.9. The summed E-state index contributed by atoms with van der Waals surface area (Å²) in [6.07, 6.45) is -7.34. The van der Waals surface area contributed by atoms with Crippen LogP contribution in [0.25, 0.3) is 22.3 Å². The van der Waals surface area contributed by atoms with Crippen molar-refractivity contribution < 1.29 is 66.0 Å². The molecule has 0 spiro atoms. The van der Waals surface area contributed by atoms with Gasteiger partial charge in [-0.15, -0.1) is 0 Å². The second kappa shape index (κ2) is 18.1. The largest absolute Gasteiger partial charge is 0.497 e. The van der Waals surface area contributed by atoms with Gasteiger partial charge in [0.2, 0.25) is 0 Å². The summed E-state index contributed by atoms with van der Waals surface area (Å²) in [5.41, 5.74) is 1.03. The van der Waals surface area contributed by atoms with Crippen LogP contribution in [-0.4, -0.2) is 139 Å². The minimum atomic E-state index is -0.963. The van der Waals surface area contributed by atoms with Gasteiger partial charge < -0.3 is 66.0 Å². The van der Waals surface area contributed by atoms with Gasteiger partial charge in [-0.05, 0) is 24.3 Å². The van der Waals surface area contributed by atoms with Gasteiger partial charge in [0.1, 0.15) is 88.9 Å². The van der Waals surface area contributed by atoms with Gasteiger partial charge in [-0.1, -0.05) is 0 Å². The van der Waals surface area contributed by atoms with Crippen LogP contribution >= 0.6 is 0 Å². The van der Waals surface area contributed by atoms with Crippen LogP contribution in [0.2, 0.25) is 0 Å². The molecular formula is C37H50O15. The molecule has 15 nitrogen and oxygen atoms in total. The highest BCUT2D eigenvalue weighted by molar-refractivity contribution is 5.88. The van der Waals surface area contributed by atoms with E-state index in [1.165, 1.54) is 27.4 Å². The molecule has 15 heteroatoms. The fraction of sp³-hybridized carbons (Fsp3) is 0.595. The number of hydrogen-bond donors (Lipinski definition) is 0. The Hall–Kier alpha value is -3.35. The van der Waals surface area contributed by atoms with E-state index in [2.05, 4.69) is 0 Å². The molecule has 52 heavy (non-hydrogen) atoms. The minimum Gasteiger partial charge on any atom is -0.497 e. The molecule has 0 aliphatic carbocycles. The van der Waals surface area contributed by atoms with Gasteiger partial charge >= 0.3 is 0 Å². The van der Waals surface area contributed by atoms with Crippen LogP contribution in [-0.2, 0) is 47.4 Å². The number of benzene rings is 2. The van der Waals surface area contributed by atoms with Gasteiger partial charge in [0.05, 0.1) is 40.1 Å². The Morgan fingerprint density at radius 1 is 0.615 bits per heavy atom.